The van der Waals surface area contributed by atoms with E-state index in [0.717, 1.165) is 25.3 Å². The number of halogens is 1. The Morgan fingerprint density at radius 1 is 1.40 bits per heavy atom. The highest BCUT2D eigenvalue weighted by Crippen LogP contribution is 2.14. The molecule has 0 bridgehead atoms. The maximum absolute atomic E-state index is 11.9. The topological polar surface area (TPSA) is 42.8 Å². The summed E-state index contributed by atoms with van der Waals surface area (Å²) in [6, 6.07) is 7.22. The lowest BCUT2D eigenvalue weighted by molar-refractivity contribution is -0.914. The lowest BCUT2D eigenvalue weighted by Crippen LogP contribution is -3.15. The van der Waals surface area contributed by atoms with Crippen molar-refractivity contribution in [2.24, 2.45) is 0 Å². The molecule has 4 nitrogen and oxygen atoms in total. The Morgan fingerprint density at radius 3 is 2.75 bits per heavy atom. The number of carbonyl (C=O) groups is 1. The number of benzene rings is 1. The normalized spacial score (nSPS) is 26.2. The third kappa shape index (κ3) is 4.78. The molecule has 2 rings (SSSR count). The first-order valence-electron chi connectivity index (χ1n) is 7.07. The van der Waals surface area contributed by atoms with Crippen molar-refractivity contribution in [3.8, 4) is 0 Å². The second kappa shape index (κ2) is 7.07. The third-order valence-corrected chi connectivity index (χ3v) is 3.67. The quantitative estimate of drug-likeness (QED) is 0.881. The molecule has 110 valence electrons. The maximum Gasteiger partial charge on any atom is 0.230 e. The Kier molecular flexibility index (Phi) is 5.40. The van der Waals surface area contributed by atoms with Crippen LogP contribution < -0.4 is 10.2 Å². The molecule has 2 unspecified atom stereocenters. The Bertz CT molecular complexity index is 457. The van der Waals surface area contributed by atoms with Crippen LogP contribution in [0.1, 0.15) is 20.3 Å². The maximum atomic E-state index is 11.9. The predicted molar refractivity (Wildman–Crippen MR) is 80.3 cm³/mol. The van der Waals surface area contributed by atoms with Gasteiger partial charge >= 0.3 is 0 Å². The number of morpholine rings is 1. The summed E-state index contributed by atoms with van der Waals surface area (Å²) in [5, 5.41) is 3.51. The van der Waals surface area contributed by atoms with Crippen molar-refractivity contribution in [1.82, 2.24) is 0 Å². The highest BCUT2D eigenvalue weighted by molar-refractivity contribution is 6.30. The minimum absolute atomic E-state index is 0.0339. The number of anilines is 1. The van der Waals surface area contributed by atoms with Gasteiger partial charge in [0.05, 0.1) is 13.0 Å². The van der Waals surface area contributed by atoms with Gasteiger partial charge in [0.25, 0.3) is 0 Å². The van der Waals surface area contributed by atoms with E-state index in [9.17, 15) is 4.79 Å². The van der Waals surface area contributed by atoms with Crippen LogP contribution in [0.15, 0.2) is 24.3 Å². The number of hydrogen-bond donors (Lipinski definition) is 2. The molecule has 1 aromatic rings. The third-order valence-electron chi connectivity index (χ3n) is 3.43. The van der Waals surface area contributed by atoms with Crippen LogP contribution in [0.3, 0.4) is 0 Å². The summed E-state index contributed by atoms with van der Waals surface area (Å²) in [5.74, 6) is 0.0339. The molecule has 20 heavy (non-hydrogen) atoms. The van der Waals surface area contributed by atoms with Gasteiger partial charge in [-0.2, -0.15) is 0 Å². The average Bonchev–Trinajstić information content (AvgIpc) is 2.35. The Balaban J connectivity index is 1.77. The largest absolute Gasteiger partial charge is 0.364 e. The molecule has 0 aliphatic carbocycles. The Hall–Kier alpha value is -1.10. The molecular formula is C15H22ClN2O2+. The first-order chi connectivity index (χ1) is 9.52. The van der Waals surface area contributed by atoms with Gasteiger partial charge in [-0.1, -0.05) is 17.7 Å². The molecular weight excluding hydrogens is 276 g/mol. The van der Waals surface area contributed by atoms with Crippen LogP contribution in [0, 0.1) is 0 Å². The van der Waals surface area contributed by atoms with E-state index in [1.807, 2.05) is 12.1 Å². The number of amides is 1. The summed E-state index contributed by atoms with van der Waals surface area (Å²) in [5.41, 5.74) is 0.751. The summed E-state index contributed by atoms with van der Waals surface area (Å²) in [6.45, 7) is 6.94. The van der Waals surface area contributed by atoms with E-state index >= 15 is 0 Å². The molecule has 1 amide bonds. The minimum Gasteiger partial charge on any atom is -0.364 e. The van der Waals surface area contributed by atoms with Crippen molar-refractivity contribution in [1.29, 1.82) is 0 Å². The average molecular weight is 298 g/mol. The van der Waals surface area contributed by atoms with Crippen molar-refractivity contribution in [2.45, 2.75) is 32.5 Å². The number of ether oxygens (including phenoxy) is 1. The minimum atomic E-state index is 0.0339. The van der Waals surface area contributed by atoms with Crippen LogP contribution in [-0.4, -0.2) is 37.7 Å². The number of rotatable bonds is 4. The van der Waals surface area contributed by atoms with Crippen molar-refractivity contribution < 1.29 is 14.4 Å². The first-order valence-corrected chi connectivity index (χ1v) is 7.45. The smallest absolute Gasteiger partial charge is 0.230 e. The highest BCUT2D eigenvalue weighted by Gasteiger charge is 2.25. The van der Waals surface area contributed by atoms with Gasteiger partial charge < -0.3 is 15.0 Å². The molecule has 1 heterocycles. The molecule has 1 aromatic carbocycles. The van der Waals surface area contributed by atoms with E-state index in [4.69, 9.17) is 16.3 Å². The van der Waals surface area contributed by atoms with Gasteiger partial charge in [0.15, 0.2) is 0 Å². The van der Waals surface area contributed by atoms with Crippen molar-refractivity contribution in [2.75, 3.05) is 25.0 Å². The zero-order valence-corrected chi connectivity index (χ0v) is 12.7. The van der Waals surface area contributed by atoms with Crippen molar-refractivity contribution in [3.05, 3.63) is 29.3 Å². The van der Waals surface area contributed by atoms with Crippen LogP contribution in [0.25, 0.3) is 0 Å². The molecule has 2 atom stereocenters. The van der Waals surface area contributed by atoms with E-state index in [0.29, 0.717) is 11.4 Å². The molecule has 2 N–H and O–H groups in total. The first kappa shape index (κ1) is 15.3. The Labute approximate surface area is 125 Å². The molecule has 1 saturated heterocycles. The second-order valence-electron chi connectivity index (χ2n) is 5.47. The molecule has 0 aromatic heterocycles. The molecule has 0 radical (unpaired) electrons. The van der Waals surface area contributed by atoms with Gasteiger partial charge in [0.2, 0.25) is 5.91 Å². The fourth-order valence-electron chi connectivity index (χ4n) is 2.67. The van der Waals surface area contributed by atoms with E-state index in [1.54, 1.807) is 12.1 Å². The van der Waals surface area contributed by atoms with Gasteiger partial charge in [-0.15, -0.1) is 0 Å². The van der Waals surface area contributed by atoms with Crippen LogP contribution >= 0.6 is 11.6 Å². The highest BCUT2D eigenvalue weighted by atomic mass is 35.5. The van der Waals surface area contributed by atoms with Crippen molar-refractivity contribution >= 4 is 23.2 Å². The number of quaternary nitrogens is 1. The summed E-state index contributed by atoms with van der Waals surface area (Å²) < 4.78 is 5.70. The fourth-order valence-corrected chi connectivity index (χ4v) is 2.86. The van der Waals surface area contributed by atoms with E-state index < -0.39 is 0 Å². The lowest BCUT2D eigenvalue weighted by Gasteiger charge is -2.32. The molecule has 0 saturated carbocycles. The number of hydrogen-bond acceptors (Lipinski definition) is 2. The molecule has 1 fully saturated rings. The molecule has 5 heteroatoms. The zero-order chi connectivity index (χ0) is 14.5. The number of nitrogens with one attached hydrogen (secondary N) is 2. The van der Waals surface area contributed by atoms with Gasteiger partial charge in [-0.3, -0.25) is 4.79 Å². The van der Waals surface area contributed by atoms with Crippen LogP contribution in [0.5, 0.6) is 0 Å². The van der Waals surface area contributed by atoms with E-state index in [2.05, 4.69) is 19.2 Å². The van der Waals surface area contributed by atoms with Gasteiger partial charge in [-0.25, -0.2) is 0 Å². The van der Waals surface area contributed by atoms with Gasteiger partial charge in [0, 0.05) is 10.7 Å². The Morgan fingerprint density at radius 2 is 2.10 bits per heavy atom. The van der Waals surface area contributed by atoms with Crippen LogP contribution in [0.2, 0.25) is 5.02 Å². The fraction of sp³-hybridized carbons (Fsp3) is 0.533. The summed E-state index contributed by atoms with van der Waals surface area (Å²) in [4.78, 5) is 13.4. The summed E-state index contributed by atoms with van der Waals surface area (Å²) >= 11 is 5.89. The predicted octanol–water partition coefficient (Wildman–Crippen LogP) is 1.36. The second-order valence-corrected chi connectivity index (χ2v) is 5.91. The van der Waals surface area contributed by atoms with Crippen molar-refractivity contribution in [3.63, 3.8) is 0 Å². The molecule has 1 aliphatic rings. The summed E-state index contributed by atoms with van der Waals surface area (Å²) in [7, 11) is 0. The van der Waals surface area contributed by atoms with Gasteiger partial charge in [0.1, 0.15) is 25.3 Å². The zero-order valence-electron chi connectivity index (χ0n) is 12.0. The monoisotopic (exact) mass is 297 g/mol. The van der Waals surface area contributed by atoms with Crippen LogP contribution in [0.4, 0.5) is 5.69 Å². The molecule has 1 aliphatic heterocycles. The molecule has 0 spiro atoms. The van der Waals surface area contributed by atoms with Crippen LogP contribution in [-0.2, 0) is 9.53 Å². The van der Waals surface area contributed by atoms with Gasteiger partial charge in [-0.05, 0) is 32.0 Å². The summed E-state index contributed by atoms with van der Waals surface area (Å²) in [6.07, 6.45) is 1.05. The standard InChI is InChI=1S/C15H21ClN2O2/c1-11-9-18(10-12(2)20-11)7-6-15(19)17-14-5-3-4-13(16)8-14/h3-5,8,11-12H,6-7,9-10H2,1-2H3,(H,17,19)/p+1. The SMILES string of the molecule is CC1C[NH+](CCC(=O)Nc2cccc(Cl)c2)CC(C)O1. The van der Waals surface area contributed by atoms with E-state index in [-0.39, 0.29) is 18.1 Å². The lowest BCUT2D eigenvalue weighted by atomic mass is 10.2. The van der Waals surface area contributed by atoms with E-state index in [1.165, 1.54) is 4.90 Å². The number of carbonyl (C=O) groups excluding carboxylic acids is 1.